The van der Waals surface area contributed by atoms with Crippen LogP contribution in [-0.2, 0) is 0 Å². The zero-order valence-electron chi connectivity index (χ0n) is 11.7. The maximum absolute atomic E-state index is 12.3. The Hall–Kier alpha value is -2.92. The summed E-state index contributed by atoms with van der Waals surface area (Å²) in [6.07, 6.45) is 1.53. The summed E-state index contributed by atoms with van der Waals surface area (Å²) in [5.74, 6) is -0.602. The molecular formula is C17H9ClN2O3. The van der Waals surface area contributed by atoms with Gasteiger partial charge in [-0.2, -0.15) is 0 Å². The molecule has 0 spiro atoms. The van der Waals surface area contributed by atoms with Gasteiger partial charge in [0.2, 0.25) is 0 Å². The van der Waals surface area contributed by atoms with Gasteiger partial charge in [0.1, 0.15) is 0 Å². The summed E-state index contributed by atoms with van der Waals surface area (Å²) in [4.78, 5) is 34.5. The molecule has 23 heavy (non-hydrogen) atoms. The van der Waals surface area contributed by atoms with Crippen LogP contribution in [-0.4, -0.2) is 21.9 Å². The van der Waals surface area contributed by atoms with E-state index in [4.69, 9.17) is 16.4 Å². The molecule has 0 aliphatic carbocycles. The number of aromatic nitrogens is 1. The van der Waals surface area contributed by atoms with Gasteiger partial charge in [-0.1, -0.05) is 28.8 Å². The normalized spacial score (nSPS) is 13.5. The zero-order chi connectivity index (χ0) is 16.0. The highest BCUT2D eigenvalue weighted by Crippen LogP contribution is 2.29. The van der Waals surface area contributed by atoms with Crippen molar-refractivity contribution in [2.45, 2.75) is 0 Å². The van der Waals surface area contributed by atoms with Crippen LogP contribution >= 0.6 is 11.6 Å². The average molecular weight is 325 g/mol. The van der Waals surface area contributed by atoms with Crippen LogP contribution in [0.5, 0.6) is 5.75 Å². The number of fused-ring (bicyclic) bond motifs is 2. The number of imide groups is 1. The molecule has 3 aromatic rings. The topological polar surface area (TPSA) is 59.5 Å². The maximum atomic E-state index is 12.3. The van der Waals surface area contributed by atoms with Crippen molar-refractivity contribution in [2.24, 2.45) is 0 Å². The highest BCUT2D eigenvalue weighted by atomic mass is 35.5. The molecule has 0 unspecified atom stereocenters. The Bertz CT molecular complexity index is 936. The molecule has 2 heterocycles. The van der Waals surface area contributed by atoms with Crippen LogP contribution in [0.25, 0.3) is 10.9 Å². The molecule has 1 aliphatic rings. The molecule has 0 saturated heterocycles. The smallest absolute Gasteiger partial charge is 0.295 e. The lowest BCUT2D eigenvalue weighted by Gasteiger charge is -2.15. The lowest BCUT2D eigenvalue weighted by Crippen LogP contribution is -2.33. The standard InChI is InChI=1S/C17H9ClN2O3/c18-10-5-6-13-14(9-10)19-8-7-15(13)23-20-16(21)11-3-1-2-4-12(11)17(20)22/h1-9H. The first-order valence-electron chi connectivity index (χ1n) is 6.85. The van der Waals surface area contributed by atoms with E-state index in [0.717, 1.165) is 5.06 Å². The molecule has 0 atom stereocenters. The number of hydrogen-bond donors (Lipinski definition) is 0. The quantitative estimate of drug-likeness (QED) is 0.677. The van der Waals surface area contributed by atoms with Gasteiger partial charge < -0.3 is 4.84 Å². The van der Waals surface area contributed by atoms with Gasteiger partial charge in [0.15, 0.2) is 5.75 Å². The number of nitrogens with zero attached hydrogens (tertiary/aromatic N) is 2. The Morgan fingerprint density at radius 1 is 0.957 bits per heavy atom. The molecule has 0 bridgehead atoms. The first-order chi connectivity index (χ1) is 11.1. The van der Waals surface area contributed by atoms with Gasteiger partial charge in [0.25, 0.3) is 11.8 Å². The Kier molecular flexibility index (Phi) is 3.02. The van der Waals surface area contributed by atoms with Crippen molar-refractivity contribution in [2.75, 3.05) is 0 Å². The lowest BCUT2D eigenvalue weighted by molar-refractivity contribution is -0.0132. The first-order valence-corrected chi connectivity index (χ1v) is 7.23. The van der Waals surface area contributed by atoms with E-state index < -0.39 is 11.8 Å². The highest BCUT2D eigenvalue weighted by Gasteiger charge is 2.37. The number of carbonyl (C=O) groups is 2. The van der Waals surface area contributed by atoms with Crippen LogP contribution in [0.1, 0.15) is 20.7 Å². The minimum absolute atomic E-state index is 0.332. The van der Waals surface area contributed by atoms with Gasteiger partial charge >= 0.3 is 0 Å². The third-order valence-electron chi connectivity index (χ3n) is 3.61. The molecular weight excluding hydrogens is 316 g/mol. The Morgan fingerprint density at radius 2 is 1.65 bits per heavy atom. The number of amides is 2. The van der Waals surface area contributed by atoms with Gasteiger partial charge in [-0.05, 0) is 30.3 Å². The number of hydrogen-bond acceptors (Lipinski definition) is 4. The third-order valence-corrected chi connectivity index (χ3v) is 3.85. The minimum atomic E-state index is -0.482. The molecule has 1 aliphatic heterocycles. The van der Waals surface area contributed by atoms with Crippen LogP contribution in [0.4, 0.5) is 0 Å². The van der Waals surface area contributed by atoms with Gasteiger partial charge in [-0.3, -0.25) is 14.6 Å². The Morgan fingerprint density at radius 3 is 2.35 bits per heavy atom. The van der Waals surface area contributed by atoms with Crippen LogP contribution in [0.15, 0.2) is 54.7 Å². The Balaban J connectivity index is 1.75. The maximum Gasteiger partial charge on any atom is 0.295 e. The van der Waals surface area contributed by atoms with Crippen molar-refractivity contribution in [3.8, 4) is 5.75 Å². The molecule has 2 aromatic carbocycles. The van der Waals surface area contributed by atoms with Crippen molar-refractivity contribution >= 4 is 34.3 Å². The van der Waals surface area contributed by atoms with E-state index in [1.165, 1.54) is 6.20 Å². The predicted molar refractivity (Wildman–Crippen MR) is 84.3 cm³/mol. The number of hydroxylamine groups is 2. The van der Waals surface area contributed by atoms with Crippen LogP contribution in [0.3, 0.4) is 0 Å². The number of halogens is 1. The van der Waals surface area contributed by atoms with Gasteiger partial charge in [-0.25, -0.2) is 0 Å². The number of benzene rings is 2. The first kappa shape index (κ1) is 13.7. The molecule has 0 N–H and O–H groups in total. The molecule has 0 radical (unpaired) electrons. The van der Waals surface area contributed by atoms with Crippen LogP contribution < -0.4 is 4.84 Å². The molecule has 2 amide bonds. The molecule has 6 heteroatoms. The van der Waals surface area contributed by atoms with E-state index in [-0.39, 0.29) is 0 Å². The SMILES string of the molecule is O=C1c2ccccc2C(=O)N1Oc1ccnc2cc(Cl)ccc12. The second-order valence-corrected chi connectivity index (χ2v) is 5.45. The van der Waals surface area contributed by atoms with E-state index in [0.29, 0.717) is 32.8 Å². The van der Waals surface area contributed by atoms with Crippen LogP contribution in [0.2, 0.25) is 5.02 Å². The zero-order valence-corrected chi connectivity index (χ0v) is 12.4. The van der Waals surface area contributed by atoms with Crippen molar-refractivity contribution in [3.05, 3.63) is 70.9 Å². The van der Waals surface area contributed by atoms with E-state index in [9.17, 15) is 9.59 Å². The summed E-state index contributed by atoms with van der Waals surface area (Å²) in [6.45, 7) is 0. The van der Waals surface area contributed by atoms with E-state index >= 15 is 0 Å². The number of rotatable bonds is 2. The fourth-order valence-corrected chi connectivity index (χ4v) is 2.69. The second kappa shape index (κ2) is 5.07. The summed E-state index contributed by atoms with van der Waals surface area (Å²) in [7, 11) is 0. The average Bonchev–Trinajstić information content (AvgIpc) is 2.80. The summed E-state index contributed by atoms with van der Waals surface area (Å²) in [5.41, 5.74) is 1.28. The molecule has 4 rings (SSSR count). The largest absolute Gasteiger partial charge is 0.368 e. The predicted octanol–water partition coefficient (Wildman–Crippen LogP) is 3.48. The molecule has 0 saturated carbocycles. The van der Waals surface area contributed by atoms with Gasteiger partial charge in [-0.15, -0.1) is 0 Å². The monoisotopic (exact) mass is 324 g/mol. The Labute approximate surface area is 136 Å². The van der Waals surface area contributed by atoms with Crippen LogP contribution in [0, 0.1) is 0 Å². The van der Waals surface area contributed by atoms with E-state index in [1.54, 1.807) is 48.5 Å². The van der Waals surface area contributed by atoms with Crippen molar-refractivity contribution < 1.29 is 14.4 Å². The fraction of sp³-hybridized carbons (Fsp3) is 0. The van der Waals surface area contributed by atoms with E-state index in [1.807, 2.05) is 0 Å². The lowest BCUT2D eigenvalue weighted by atomic mass is 10.1. The van der Waals surface area contributed by atoms with Crippen molar-refractivity contribution in [1.82, 2.24) is 10.0 Å². The minimum Gasteiger partial charge on any atom is -0.368 e. The molecule has 112 valence electrons. The molecule has 5 nitrogen and oxygen atoms in total. The fourth-order valence-electron chi connectivity index (χ4n) is 2.52. The second-order valence-electron chi connectivity index (χ2n) is 5.01. The summed E-state index contributed by atoms with van der Waals surface area (Å²) in [6, 6.07) is 13.3. The van der Waals surface area contributed by atoms with E-state index in [2.05, 4.69) is 4.98 Å². The third kappa shape index (κ3) is 2.13. The highest BCUT2D eigenvalue weighted by molar-refractivity contribution is 6.31. The van der Waals surface area contributed by atoms with Gasteiger partial charge in [0.05, 0.1) is 16.6 Å². The number of carbonyl (C=O) groups excluding carboxylic acids is 2. The molecule has 0 fully saturated rings. The summed E-state index contributed by atoms with van der Waals surface area (Å²) >= 11 is 5.95. The van der Waals surface area contributed by atoms with Crippen molar-refractivity contribution in [1.29, 1.82) is 0 Å². The molecule has 1 aromatic heterocycles. The summed E-state index contributed by atoms with van der Waals surface area (Å²) < 4.78 is 0. The number of pyridine rings is 1. The summed E-state index contributed by atoms with van der Waals surface area (Å²) in [5, 5.41) is 1.98. The van der Waals surface area contributed by atoms with Gasteiger partial charge in [0, 0.05) is 22.7 Å². The van der Waals surface area contributed by atoms with Crippen molar-refractivity contribution in [3.63, 3.8) is 0 Å².